The first-order valence-electron chi connectivity index (χ1n) is 8.99. The molecule has 0 radical (unpaired) electrons. The van der Waals surface area contributed by atoms with Crippen molar-refractivity contribution in [3.8, 4) is 0 Å². The van der Waals surface area contributed by atoms with Crippen LogP contribution in [0, 0.1) is 11.8 Å². The van der Waals surface area contributed by atoms with Gasteiger partial charge in [-0.1, -0.05) is 56.6 Å². The number of allylic oxidation sites excluding steroid dienone is 5. The van der Waals surface area contributed by atoms with E-state index in [1.807, 2.05) is 24.3 Å². The Kier molecular flexibility index (Phi) is 10.0. The number of unbranched alkanes of at least 4 members (excludes halogenated alkanes) is 3. The lowest BCUT2D eigenvalue weighted by molar-refractivity contribution is -0.137. The van der Waals surface area contributed by atoms with Crippen molar-refractivity contribution in [3.05, 3.63) is 36.5 Å². The fourth-order valence-corrected chi connectivity index (χ4v) is 2.81. The number of aliphatic hydroxyl groups excluding tert-OH is 1. The lowest BCUT2D eigenvalue weighted by Gasteiger charge is -2.13. The van der Waals surface area contributed by atoms with Gasteiger partial charge in [-0.2, -0.15) is 0 Å². The van der Waals surface area contributed by atoms with Gasteiger partial charge in [0.05, 0.1) is 6.10 Å². The number of carbonyl (C=O) groups is 2. The molecule has 0 aliphatic heterocycles. The molecular formula is C20H30O4. The largest absolute Gasteiger partial charge is 0.481 e. The molecular weight excluding hydrogens is 304 g/mol. The second kappa shape index (κ2) is 11.8. The number of hydrogen-bond donors (Lipinski definition) is 2. The number of carboxylic acid groups (broad SMARTS) is 1. The summed E-state index contributed by atoms with van der Waals surface area (Å²) in [5.41, 5.74) is 0. The Balaban J connectivity index is 2.38. The first-order chi connectivity index (χ1) is 11.5. The molecule has 4 nitrogen and oxygen atoms in total. The van der Waals surface area contributed by atoms with Crippen molar-refractivity contribution in [1.82, 2.24) is 0 Å². The quantitative estimate of drug-likeness (QED) is 0.417. The van der Waals surface area contributed by atoms with E-state index in [0.717, 1.165) is 38.5 Å². The highest BCUT2D eigenvalue weighted by molar-refractivity contribution is 5.95. The van der Waals surface area contributed by atoms with Gasteiger partial charge in [0, 0.05) is 12.3 Å². The summed E-state index contributed by atoms with van der Waals surface area (Å²) in [5, 5.41) is 18.5. The molecule has 4 heteroatoms. The molecule has 1 rings (SSSR count). The van der Waals surface area contributed by atoms with Gasteiger partial charge in [-0.25, -0.2) is 0 Å². The van der Waals surface area contributed by atoms with E-state index < -0.39 is 12.1 Å². The summed E-state index contributed by atoms with van der Waals surface area (Å²) in [4.78, 5) is 22.4. The van der Waals surface area contributed by atoms with Crippen LogP contribution in [-0.4, -0.2) is 28.1 Å². The van der Waals surface area contributed by atoms with Crippen molar-refractivity contribution in [2.45, 2.75) is 64.4 Å². The molecule has 1 aliphatic carbocycles. The van der Waals surface area contributed by atoms with Gasteiger partial charge in [-0.15, -0.1) is 0 Å². The zero-order chi connectivity index (χ0) is 17.8. The van der Waals surface area contributed by atoms with Gasteiger partial charge in [-0.05, 0) is 37.7 Å². The van der Waals surface area contributed by atoms with Gasteiger partial charge in [0.15, 0.2) is 5.78 Å². The van der Waals surface area contributed by atoms with Crippen molar-refractivity contribution in [1.29, 1.82) is 0 Å². The summed E-state index contributed by atoms with van der Waals surface area (Å²) < 4.78 is 0. The zero-order valence-corrected chi connectivity index (χ0v) is 14.6. The van der Waals surface area contributed by atoms with Crippen molar-refractivity contribution >= 4 is 11.8 Å². The molecule has 134 valence electrons. The normalized spacial score (nSPS) is 22.0. The summed E-state index contributed by atoms with van der Waals surface area (Å²) in [5.74, 6) is -0.728. The van der Waals surface area contributed by atoms with Crippen molar-refractivity contribution in [2.75, 3.05) is 0 Å². The Morgan fingerprint density at radius 2 is 2.08 bits per heavy atom. The van der Waals surface area contributed by atoms with Gasteiger partial charge < -0.3 is 10.2 Å². The SMILES string of the molecule is CCCCC[C@H](O)C=C[C@H]1C(=O)C=C[C@@H]1CC=CCCCC(=O)O. The fourth-order valence-electron chi connectivity index (χ4n) is 2.81. The number of ketones is 1. The predicted octanol–water partition coefficient (Wildman–Crippen LogP) is 4.06. The maximum Gasteiger partial charge on any atom is 0.303 e. The van der Waals surface area contributed by atoms with Crippen LogP contribution in [0.1, 0.15) is 58.3 Å². The highest BCUT2D eigenvalue weighted by atomic mass is 16.4. The number of hydrogen-bond acceptors (Lipinski definition) is 3. The molecule has 0 saturated heterocycles. The lowest BCUT2D eigenvalue weighted by Crippen LogP contribution is -2.14. The number of aliphatic hydroxyl groups is 1. The third-order valence-electron chi connectivity index (χ3n) is 4.28. The molecule has 0 aromatic carbocycles. The molecule has 0 amide bonds. The average Bonchev–Trinajstić information content (AvgIpc) is 2.89. The van der Waals surface area contributed by atoms with E-state index in [1.54, 1.807) is 12.2 Å². The first-order valence-corrected chi connectivity index (χ1v) is 8.99. The minimum absolute atomic E-state index is 0.0938. The minimum atomic E-state index is -0.768. The summed E-state index contributed by atoms with van der Waals surface area (Å²) in [6, 6.07) is 0. The standard InChI is InChI=1S/C20H30O4/c1-2-3-6-10-17(21)13-14-18-16(12-15-19(18)22)9-7-4-5-8-11-20(23)24/h4,7,12-18,21H,2-3,5-6,8-11H2,1H3,(H,23,24)/t16-,17-,18+/m0/s1. The predicted molar refractivity (Wildman–Crippen MR) is 95.7 cm³/mol. The van der Waals surface area contributed by atoms with Gasteiger partial charge in [0.1, 0.15) is 0 Å². The second-order valence-electron chi connectivity index (χ2n) is 6.39. The third-order valence-corrected chi connectivity index (χ3v) is 4.28. The number of rotatable bonds is 12. The van der Waals surface area contributed by atoms with Crippen molar-refractivity contribution in [3.63, 3.8) is 0 Å². The molecule has 0 aromatic heterocycles. The summed E-state index contributed by atoms with van der Waals surface area (Å²) in [7, 11) is 0. The van der Waals surface area contributed by atoms with Crippen LogP contribution in [0.15, 0.2) is 36.5 Å². The molecule has 0 fully saturated rings. The van der Waals surface area contributed by atoms with Crippen LogP contribution in [0.3, 0.4) is 0 Å². The topological polar surface area (TPSA) is 74.6 Å². The summed E-state index contributed by atoms with van der Waals surface area (Å²) >= 11 is 0. The van der Waals surface area contributed by atoms with Crippen molar-refractivity contribution in [2.24, 2.45) is 11.8 Å². The van der Waals surface area contributed by atoms with Gasteiger partial charge >= 0.3 is 5.97 Å². The second-order valence-corrected chi connectivity index (χ2v) is 6.39. The van der Waals surface area contributed by atoms with Crippen LogP contribution in [0.5, 0.6) is 0 Å². The van der Waals surface area contributed by atoms with Gasteiger partial charge in [-0.3, -0.25) is 9.59 Å². The molecule has 0 aromatic rings. The number of carboxylic acids is 1. The number of aliphatic carboxylic acids is 1. The van der Waals surface area contributed by atoms with Crippen LogP contribution < -0.4 is 0 Å². The number of carbonyl (C=O) groups excluding carboxylic acids is 1. The van der Waals surface area contributed by atoms with Crippen LogP contribution in [0.4, 0.5) is 0 Å². The molecule has 2 N–H and O–H groups in total. The van der Waals surface area contributed by atoms with E-state index in [9.17, 15) is 14.7 Å². The Hall–Kier alpha value is -1.68. The Bertz CT molecular complexity index is 476. The lowest BCUT2D eigenvalue weighted by atomic mass is 9.90. The van der Waals surface area contributed by atoms with E-state index in [0.29, 0.717) is 6.42 Å². The summed E-state index contributed by atoms with van der Waals surface area (Å²) in [6.45, 7) is 2.13. The van der Waals surface area contributed by atoms with Crippen LogP contribution in [0.2, 0.25) is 0 Å². The minimum Gasteiger partial charge on any atom is -0.481 e. The van der Waals surface area contributed by atoms with Crippen LogP contribution >= 0.6 is 0 Å². The molecule has 0 heterocycles. The van der Waals surface area contributed by atoms with E-state index in [-0.39, 0.29) is 24.0 Å². The van der Waals surface area contributed by atoms with E-state index in [2.05, 4.69) is 6.92 Å². The maximum absolute atomic E-state index is 12.0. The van der Waals surface area contributed by atoms with Gasteiger partial charge in [0.2, 0.25) is 0 Å². The van der Waals surface area contributed by atoms with Gasteiger partial charge in [0.25, 0.3) is 0 Å². The summed E-state index contributed by atoms with van der Waals surface area (Å²) in [6.07, 6.45) is 17.0. The van der Waals surface area contributed by atoms with E-state index in [4.69, 9.17) is 5.11 Å². The van der Waals surface area contributed by atoms with E-state index >= 15 is 0 Å². The Morgan fingerprint density at radius 3 is 2.79 bits per heavy atom. The Morgan fingerprint density at radius 1 is 1.29 bits per heavy atom. The average molecular weight is 334 g/mol. The Labute approximate surface area is 145 Å². The molecule has 3 atom stereocenters. The van der Waals surface area contributed by atoms with Crippen LogP contribution in [0.25, 0.3) is 0 Å². The molecule has 0 bridgehead atoms. The van der Waals surface area contributed by atoms with Crippen molar-refractivity contribution < 1.29 is 19.8 Å². The molecule has 0 spiro atoms. The highest BCUT2D eigenvalue weighted by Gasteiger charge is 2.26. The molecule has 1 aliphatic rings. The molecule has 0 unspecified atom stereocenters. The highest BCUT2D eigenvalue weighted by Crippen LogP contribution is 2.27. The first kappa shape index (κ1) is 20.4. The van der Waals surface area contributed by atoms with Crippen LogP contribution in [-0.2, 0) is 9.59 Å². The molecule has 0 saturated carbocycles. The molecule has 24 heavy (non-hydrogen) atoms. The third kappa shape index (κ3) is 8.25. The smallest absolute Gasteiger partial charge is 0.303 e. The van der Waals surface area contributed by atoms with E-state index in [1.165, 1.54) is 0 Å². The zero-order valence-electron chi connectivity index (χ0n) is 14.6. The fraction of sp³-hybridized carbons (Fsp3) is 0.600. The maximum atomic E-state index is 12.0. The monoisotopic (exact) mass is 334 g/mol.